The Hall–Kier alpha value is -13.4. The fourth-order valence-corrected chi connectivity index (χ4v) is 12.9. The van der Waals surface area contributed by atoms with Gasteiger partial charge in [-0.05, 0) is 87.4 Å². The van der Waals surface area contributed by atoms with Gasteiger partial charge in [0.2, 0.25) is 82.7 Å². The second-order valence-corrected chi connectivity index (χ2v) is 29.8. The minimum absolute atomic E-state index is 0.000716. The van der Waals surface area contributed by atoms with Crippen molar-refractivity contribution in [2.24, 2.45) is 11.7 Å². The zero-order chi connectivity index (χ0) is 92.0. The molecule has 1 aliphatic heterocycles. The number of hydrogen-bond donors (Lipinski definition) is 23. The molecule has 3 aromatic carbocycles. The first-order valence-corrected chi connectivity index (χ1v) is 40.1. The summed E-state index contributed by atoms with van der Waals surface area (Å²) >= 11 is 6.10. The summed E-state index contributed by atoms with van der Waals surface area (Å²) in [6.45, 7) is -0.000695. The third-order valence-corrected chi connectivity index (χ3v) is 19.7. The number of nitrogens with one attached hydrogen (secondary N) is 15. The first kappa shape index (κ1) is 101. The van der Waals surface area contributed by atoms with E-state index in [0.29, 0.717) is 29.3 Å². The summed E-state index contributed by atoms with van der Waals surface area (Å²) in [6, 6.07) is -6.22. The molecular formula is C79H107ClN18O26. The molecule has 44 nitrogen and oxygen atoms in total. The van der Waals surface area contributed by atoms with Gasteiger partial charge in [0.15, 0.2) is 5.78 Å². The molecule has 0 bridgehead atoms. The fraction of sp³-hybridized carbons (Fsp3) is 0.494. The van der Waals surface area contributed by atoms with Crippen LogP contribution in [0.15, 0.2) is 72.9 Å². The highest BCUT2D eigenvalue weighted by molar-refractivity contribution is 6.31. The zero-order valence-electron chi connectivity index (χ0n) is 68.4. The molecule has 0 spiro atoms. The van der Waals surface area contributed by atoms with Gasteiger partial charge < -0.3 is 127 Å². The Kier molecular flexibility index (Phi) is 41.4. The van der Waals surface area contributed by atoms with Crippen LogP contribution in [-0.4, -0.2) is 254 Å². The number of benzene rings is 3. The number of aromatic nitrogens is 1. The van der Waals surface area contributed by atoms with Crippen molar-refractivity contribution >= 4 is 152 Å². The number of amides is 15. The smallest absolute Gasteiger partial charge is 0.329 e. The van der Waals surface area contributed by atoms with Gasteiger partial charge in [0.1, 0.15) is 72.6 Å². The van der Waals surface area contributed by atoms with Gasteiger partial charge in [-0.2, -0.15) is 0 Å². The van der Waals surface area contributed by atoms with Crippen LogP contribution >= 0.6 is 11.6 Å². The van der Waals surface area contributed by atoms with Crippen molar-refractivity contribution in [3.05, 3.63) is 94.6 Å². The lowest BCUT2D eigenvalue weighted by Gasteiger charge is -2.30. The maximum Gasteiger partial charge on any atom is 0.329 e. The average Bonchev–Trinajstić information content (AvgIpc) is 1.64. The summed E-state index contributed by atoms with van der Waals surface area (Å²) in [5, 5.41) is 82.6. The number of H-pyrrole nitrogens is 1. The van der Waals surface area contributed by atoms with Crippen molar-refractivity contribution < 1.29 is 126 Å². The van der Waals surface area contributed by atoms with E-state index in [2.05, 4.69) is 70.4 Å². The number of para-hydroxylation sites is 2. The van der Waals surface area contributed by atoms with Crippen molar-refractivity contribution in [3.8, 4) is 0 Å². The number of Topliss-reactive ketones (excluding diaryl/α,β-unsaturated/α-hetero) is 1. The van der Waals surface area contributed by atoms with E-state index in [1.807, 2.05) is 16.0 Å². The lowest BCUT2D eigenvalue weighted by Crippen LogP contribution is -2.61. The second-order valence-electron chi connectivity index (χ2n) is 29.4. The number of anilines is 2. The van der Waals surface area contributed by atoms with E-state index in [1.54, 1.807) is 30.5 Å². The largest absolute Gasteiger partial charge is 0.481 e. The Morgan fingerprint density at radius 3 is 1.77 bits per heavy atom. The van der Waals surface area contributed by atoms with E-state index in [4.69, 9.17) is 33.5 Å². The number of cyclic esters (lactones) is 1. The third kappa shape index (κ3) is 33.6. The number of nitrogen functional groups attached to an aromatic ring is 2. The number of unbranched alkanes of at least 4 members (excludes halogenated alkanes) is 6. The highest BCUT2D eigenvalue weighted by Gasteiger charge is 2.41. The predicted octanol–water partition coefficient (Wildman–Crippen LogP) is -4.01. The molecule has 2 heterocycles. The maximum absolute atomic E-state index is 15.0. The molecule has 15 amide bonds. The Morgan fingerprint density at radius 1 is 0.565 bits per heavy atom. The van der Waals surface area contributed by atoms with Crippen LogP contribution in [0.5, 0.6) is 0 Å². The Balaban J connectivity index is 1.63. The summed E-state index contributed by atoms with van der Waals surface area (Å²) < 4.78 is 5.76. The SMILES string of the molecule is CCCCCCCCCC(=O)N[C@@H](Cc1c[nH]c2ccccc12)C(=O)N[C@@H](CC(N)=O)C(=O)N[C@@H](CCO)C(=O)N[C@@H]1C(=O)NCC(=O)N[C@@H](CCCNC(=O)c2cc(Cl)ccc2N)C(=O)N[C@@H](CC(=O)O)C(=O)N[C@H](C)C(=O)N[C@@H](CC(=O)O)C(=O)NCC(=O)N[C@H](CO)C(=O)N[C@@H]([C@H](C)CC(=O)O)C(=O)N[C@@H](CC(=O)c2ccccc2N)C(=O)O[C@@H]1C. The molecule has 1 fully saturated rings. The molecule has 0 saturated carbocycles. The molecule has 124 heavy (non-hydrogen) atoms. The van der Waals surface area contributed by atoms with Crippen LogP contribution in [0.2, 0.25) is 5.02 Å². The summed E-state index contributed by atoms with van der Waals surface area (Å²) in [5.74, 6) is -28.4. The number of carbonyl (C=O) groups is 20. The summed E-state index contributed by atoms with van der Waals surface area (Å²) in [4.78, 5) is 280. The number of aliphatic hydroxyl groups is 2. The molecule has 1 aliphatic rings. The van der Waals surface area contributed by atoms with Crippen LogP contribution in [0.1, 0.15) is 157 Å². The molecule has 26 N–H and O–H groups in total. The highest BCUT2D eigenvalue weighted by atomic mass is 35.5. The lowest BCUT2D eigenvalue weighted by molar-refractivity contribution is -0.156. The molecule has 1 aromatic heterocycles. The molecule has 45 heteroatoms. The average molecular weight is 1760 g/mol. The number of carboxylic acids is 3. The molecule has 676 valence electrons. The van der Waals surface area contributed by atoms with Crippen molar-refractivity contribution in [1.29, 1.82) is 0 Å². The Morgan fingerprint density at radius 2 is 1.14 bits per heavy atom. The van der Waals surface area contributed by atoms with Gasteiger partial charge in [0.05, 0.1) is 50.9 Å². The third-order valence-electron chi connectivity index (χ3n) is 19.4. The number of primary amides is 1. The molecule has 4 aromatic rings. The van der Waals surface area contributed by atoms with Gasteiger partial charge in [-0.3, -0.25) is 91.1 Å². The normalized spacial score (nSPS) is 20.5. The first-order chi connectivity index (χ1) is 58.7. The van der Waals surface area contributed by atoms with Crippen LogP contribution in [0, 0.1) is 5.92 Å². The maximum atomic E-state index is 15.0. The Labute approximate surface area is 714 Å². The van der Waals surface area contributed by atoms with Gasteiger partial charge in [-0.15, -0.1) is 0 Å². The van der Waals surface area contributed by atoms with E-state index in [1.165, 1.54) is 42.5 Å². The minimum Gasteiger partial charge on any atom is -0.481 e. The fourth-order valence-electron chi connectivity index (χ4n) is 12.8. The van der Waals surface area contributed by atoms with Crippen LogP contribution in [0.25, 0.3) is 10.9 Å². The standard InChI is InChI=1S/C79H107ClN18O26/c1-5-6-7-8-9-10-11-22-60(103)90-52(29-42-35-85-49-20-15-13-17-44(42)49)74(118)94-53(32-59(83)102)75(119)92-51(25-27-99)72(116)98-67-41(4)124-79(123)56(31-58(101)45-18-12-14-19-47(45)81)96-78(122)66(39(2)28-63(106)107)97-76(120)57(38-100)91-62(105)36-86-70(114)54(33-64(108)109)93-68(112)40(3)88-73(117)55(34-65(110)111)95-71(115)50(89-61(104)37-87-77(67)121)21-16-26-84-69(113)46-30-43(80)23-24-48(46)82/h12-15,17-20,23-24,30,35,39-41,50-57,66-67,85,99-100H,5-11,16,21-22,25-29,31-34,36-38,81-82H2,1-4H3,(H2,83,102)(H,84,113)(H,86,114)(H,87,121)(H,88,117)(H,89,104)(H,90,103)(H,91,105)(H,92,119)(H,93,112)(H,94,118)(H,95,115)(H,96,122)(H,97,120)(H,98,116)(H,106,107)(H,108,109)(H,110,111)/t39-,40-,41-,50+,51+,52+,53+,54+,55+,56+,57-,66+,67+/m1/s1. The number of ketones is 1. The topological polar surface area (TPSA) is 714 Å². The van der Waals surface area contributed by atoms with Crippen molar-refractivity contribution in [1.82, 2.24) is 79.4 Å². The van der Waals surface area contributed by atoms with Crippen LogP contribution < -0.4 is 91.6 Å². The minimum atomic E-state index is -2.39. The second kappa shape index (κ2) is 50.8. The van der Waals surface area contributed by atoms with E-state index in [-0.39, 0.29) is 53.3 Å². The van der Waals surface area contributed by atoms with Crippen LogP contribution in [0.3, 0.4) is 0 Å². The number of aliphatic carboxylic acids is 3. The number of rotatable bonds is 37. The number of nitrogens with two attached hydrogens (primary N) is 3. The summed E-state index contributed by atoms with van der Waals surface area (Å²) in [7, 11) is 0. The van der Waals surface area contributed by atoms with Gasteiger partial charge in [0.25, 0.3) is 5.91 Å². The molecule has 0 radical (unpaired) electrons. The van der Waals surface area contributed by atoms with E-state index < -0.39 is 268 Å². The van der Waals surface area contributed by atoms with Gasteiger partial charge in [-0.1, -0.05) is 94.3 Å². The number of carbonyl (C=O) groups excluding carboxylic acids is 17. The predicted molar refractivity (Wildman–Crippen MR) is 439 cm³/mol. The van der Waals surface area contributed by atoms with E-state index >= 15 is 0 Å². The van der Waals surface area contributed by atoms with Crippen LogP contribution in [0.4, 0.5) is 11.4 Å². The summed E-state index contributed by atoms with van der Waals surface area (Å²) in [5.41, 5.74) is 18.4. The highest BCUT2D eigenvalue weighted by Crippen LogP contribution is 2.23. The monoisotopic (exact) mass is 1760 g/mol. The number of hydrogen-bond acceptors (Lipinski definition) is 25. The van der Waals surface area contributed by atoms with Gasteiger partial charge >= 0.3 is 23.9 Å². The number of aromatic amines is 1. The van der Waals surface area contributed by atoms with Crippen molar-refractivity contribution in [2.75, 3.05) is 44.3 Å². The summed E-state index contributed by atoms with van der Waals surface area (Å²) in [6.07, 6.45) is -1.86. The van der Waals surface area contributed by atoms with Gasteiger partial charge in [-0.25, -0.2) is 4.79 Å². The quantitative estimate of drug-likeness (QED) is 0.00885. The van der Waals surface area contributed by atoms with Gasteiger partial charge in [0, 0.05) is 71.5 Å². The first-order valence-electron chi connectivity index (χ1n) is 39.7. The number of ether oxygens (including phenoxy) is 1. The Bertz CT molecular complexity index is 4550. The number of fused-ring (bicyclic) bond motifs is 1. The van der Waals surface area contributed by atoms with Crippen molar-refractivity contribution in [3.63, 3.8) is 0 Å². The van der Waals surface area contributed by atoms with Crippen molar-refractivity contribution in [2.45, 2.75) is 209 Å². The molecule has 13 atom stereocenters. The molecule has 0 aliphatic carbocycles. The number of esters is 1. The molecular weight excluding hydrogens is 1650 g/mol. The number of halogens is 1. The number of carboxylic acid groups (broad SMARTS) is 3. The number of aliphatic hydroxyl groups excluding tert-OH is 2. The van der Waals surface area contributed by atoms with E-state index in [9.17, 15) is 121 Å². The lowest BCUT2D eigenvalue weighted by atomic mass is 9.96. The van der Waals surface area contributed by atoms with E-state index in [0.717, 1.165) is 52.9 Å². The molecule has 0 unspecified atom stereocenters. The molecule has 1 saturated heterocycles. The zero-order valence-corrected chi connectivity index (χ0v) is 69.2. The molecule has 5 rings (SSSR count). The van der Waals surface area contributed by atoms with Crippen LogP contribution in [-0.2, 0) is 97.5 Å².